The number of aromatic nitrogens is 1. The second-order valence-corrected chi connectivity index (χ2v) is 7.04. The zero-order valence-corrected chi connectivity index (χ0v) is 14.9. The van der Waals surface area contributed by atoms with Crippen LogP contribution in [0.4, 0.5) is 5.69 Å². The summed E-state index contributed by atoms with van der Waals surface area (Å²) in [5.41, 5.74) is 2.18. The van der Waals surface area contributed by atoms with E-state index in [2.05, 4.69) is 15.2 Å². The molecule has 136 valence electrons. The van der Waals surface area contributed by atoms with E-state index >= 15 is 0 Å². The van der Waals surface area contributed by atoms with E-state index in [1.165, 1.54) is 0 Å². The van der Waals surface area contributed by atoms with E-state index in [0.717, 1.165) is 23.4 Å². The number of hydrogen-bond donors (Lipinski definition) is 2. The number of anilines is 1. The Bertz CT molecular complexity index is 825. The molecular formula is C20H23N3O3. The fourth-order valence-corrected chi connectivity index (χ4v) is 4.04. The van der Waals surface area contributed by atoms with Crippen molar-refractivity contribution in [2.45, 2.75) is 44.1 Å². The summed E-state index contributed by atoms with van der Waals surface area (Å²) in [5.74, 6) is 0.598. The van der Waals surface area contributed by atoms with Gasteiger partial charge in [-0.3, -0.25) is 9.78 Å². The third kappa shape index (κ3) is 2.80. The molecule has 6 nitrogen and oxygen atoms in total. The second kappa shape index (κ2) is 6.61. The van der Waals surface area contributed by atoms with Gasteiger partial charge >= 0.3 is 0 Å². The van der Waals surface area contributed by atoms with Crippen molar-refractivity contribution in [3.8, 4) is 5.75 Å². The number of carbonyl (C=O) groups is 1. The van der Waals surface area contributed by atoms with E-state index in [-0.39, 0.29) is 24.1 Å². The van der Waals surface area contributed by atoms with Gasteiger partial charge in [-0.25, -0.2) is 0 Å². The fourth-order valence-electron chi connectivity index (χ4n) is 4.04. The summed E-state index contributed by atoms with van der Waals surface area (Å²) in [6, 6.07) is 11.0. The first-order valence-electron chi connectivity index (χ1n) is 8.95. The molecule has 0 radical (unpaired) electrons. The summed E-state index contributed by atoms with van der Waals surface area (Å²) >= 11 is 0. The lowest BCUT2D eigenvalue weighted by molar-refractivity contribution is -0.000982. The molecule has 26 heavy (non-hydrogen) atoms. The van der Waals surface area contributed by atoms with Crippen LogP contribution >= 0.6 is 0 Å². The summed E-state index contributed by atoms with van der Waals surface area (Å²) in [7, 11) is 1.97. The monoisotopic (exact) mass is 353 g/mol. The molecule has 1 amide bonds. The van der Waals surface area contributed by atoms with Crippen molar-refractivity contribution in [3.05, 3.63) is 53.9 Å². The summed E-state index contributed by atoms with van der Waals surface area (Å²) < 4.78 is 6.11. The van der Waals surface area contributed by atoms with Crippen LogP contribution in [0.15, 0.2) is 42.6 Å². The number of amides is 1. The Kier molecular flexibility index (Phi) is 4.28. The molecule has 1 saturated carbocycles. The first-order valence-corrected chi connectivity index (χ1v) is 8.95. The number of nitrogens with zero attached hydrogens (tertiary/aromatic N) is 2. The summed E-state index contributed by atoms with van der Waals surface area (Å²) in [4.78, 5) is 18.8. The highest BCUT2D eigenvalue weighted by molar-refractivity contribution is 5.93. The highest BCUT2D eigenvalue weighted by atomic mass is 16.5. The third-order valence-electron chi connectivity index (χ3n) is 5.42. The van der Waals surface area contributed by atoms with Gasteiger partial charge in [0.2, 0.25) is 0 Å². The number of para-hydroxylation sites is 2. The standard InChI is InChI=1S/C20H23N3O3/c1-12-6-5-11-21-17(12)20(25)22-13-9-10-16-18(19(13)24)23(2)14-7-3-4-8-15(14)26-16/h3-8,11,13,16,18-19,24H,9-10H2,1-2H3,(H,22,25)/t13-,16-,18-,19-/m1/s1. The normalized spacial score (nSPS) is 27.1. The van der Waals surface area contributed by atoms with Gasteiger partial charge in [-0.05, 0) is 43.5 Å². The van der Waals surface area contributed by atoms with Gasteiger partial charge in [-0.2, -0.15) is 0 Å². The number of likely N-dealkylation sites (N-methyl/N-ethyl adjacent to an activating group) is 1. The predicted molar refractivity (Wildman–Crippen MR) is 98.5 cm³/mol. The minimum atomic E-state index is -0.722. The van der Waals surface area contributed by atoms with Crippen molar-refractivity contribution in [2.24, 2.45) is 0 Å². The minimum absolute atomic E-state index is 0.0883. The van der Waals surface area contributed by atoms with Crippen LogP contribution in [0.3, 0.4) is 0 Å². The minimum Gasteiger partial charge on any atom is -0.486 e. The van der Waals surface area contributed by atoms with Crippen LogP contribution in [0.5, 0.6) is 5.75 Å². The lowest BCUT2D eigenvalue weighted by atomic mass is 9.83. The van der Waals surface area contributed by atoms with Crippen molar-refractivity contribution in [3.63, 3.8) is 0 Å². The molecule has 0 unspecified atom stereocenters. The number of aliphatic hydroxyl groups excluding tert-OH is 1. The van der Waals surface area contributed by atoms with Crippen LogP contribution < -0.4 is 15.0 Å². The van der Waals surface area contributed by atoms with Gasteiger partial charge in [-0.15, -0.1) is 0 Å². The quantitative estimate of drug-likeness (QED) is 0.863. The van der Waals surface area contributed by atoms with Crippen LogP contribution in [0, 0.1) is 6.92 Å². The van der Waals surface area contributed by atoms with Gasteiger partial charge in [0.25, 0.3) is 5.91 Å². The van der Waals surface area contributed by atoms with Crippen molar-refractivity contribution < 1.29 is 14.6 Å². The van der Waals surface area contributed by atoms with Crippen LogP contribution in [0.1, 0.15) is 28.9 Å². The Morgan fingerprint density at radius 2 is 2.08 bits per heavy atom. The molecule has 2 aliphatic rings. The van der Waals surface area contributed by atoms with E-state index in [1.54, 1.807) is 12.3 Å². The summed E-state index contributed by atoms with van der Waals surface area (Å²) in [5, 5.41) is 13.9. The maximum atomic E-state index is 12.6. The summed E-state index contributed by atoms with van der Waals surface area (Å²) in [6.07, 6.45) is 2.23. The molecule has 1 aliphatic carbocycles. The van der Waals surface area contributed by atoms with Crippen LogP contribution in [0.25, 0.3) is 0 Å². The smallest absolute Gasteiger partial charge is 0.270 e. The molecule has 4 rings (SSSR count). The fraction of sp³-hybridized carbons (Fsp3) is 0.400. The van der Waals surface area contributed by atoms with E-state index in [1.807, 2.05) is 44.3 Å². The highest BCUT2D eigenvalue weighted by Gasteiger charge is 2.45. The molecule has 1 aliphatic heterocycles. The molecule has 4 atom stereocenters. The van der Waals surface area contributed by atoms with Crippen molar-refractivity contribution >= 4 is 11.6 Å². The van der Waals surface area contributed by atoms with Gasteiger partial charge in [0, 0.05) is 13.2 Å². The molecule has 0 saturated heterocycles. The van der Waals surface area contributed by atoms with Gasteiger partial charge in [-0.1, -0.05) is 18.2 Å². The Morgan fingerprint density at radius 1 is 1.27 bits per heavy atom. The number of nitrogens with one attached hydrogen (secondary N) is 1. The molecular weight excluding hydrogens is 330 g/mol. The molecule has 6 heteroatoms. The van der Waals surface area contributed by atoms with E-state index in [9.17, 15) is 9.90 Å². The van der Waals surface area contributed by atoms with Gasteiger partial charge in [0.05, 0.1) is 23.9 Å². The third-order valence-corrected chi connectivity index (χ3v) is 5.42. The predicted octanol–water partition coefficient (Wildman–Crippen LogP) is 1.91. The number of ether oxygens (including phenoxy) is 1. The molecule has 0 bridgehead atoms. The molecule has 0 spiro atoms. The second-order valence-electron chi connectivity index (χ2n) is 7.04. The average Bonchev–Trinajstić information content (AvgIpc) is 2.64. The van der Waals surface area contributed by atoms with E-state index in [4.69, 9.17) is 4.74 Å². The van der Waals surface area contributed by atoms with E-state index in [0.29, 0.717) is 12.1 Å². The average molecular weight is 353 g/mol. The number of benzene rings is 1. The molecule has 2 heterocycles. The van der Waals surface area contributed by atoms with Crippen LogP contribution in [-0.2, 0) is 0 Å². The number of aryl methyl sites for hydroxylation is 1. The van der Waals surface area contributed by atoms with Crippen molar-refractivity contribution in [2.75, 3.05) is 11.9 Å². The molecule has 1 aromatic heterocycles. The zero-order valence-electron chi connectivity index (χ0n) is 14.9. The van der Waals surface area contributed by atoms with Gasteiger partial charge in [0.1, 0.15) is 17.5 Å². The van der Waals surface area contributed by atoms with Crippen molar-refractivity contribution in [1.29, 1.82) is 0 Å². The first kappa shape index (κ1) is 16.8. The largest absolute Gasteiger partial charge is 0.486 e. The Balaban J connectivity index is 1.53. The maximum Gasteiger partial charge on any atom is 0.270 e. The highest BCUT2D eigenvalue weighted by Crippen LogP contribution is 2.39. The van der Waals surface area contributed by atoms with Crippen molar-refractivity contribution in [1.82, 2.24) is 10.3 Å². The first-order chi connectivity index (χ1) is 12.6. The number of rotatable bonds is 2. The molecule has 1 fully saturated rings. The molecule has 2 aromatic rings. The zero-order chi connectivity index (χ0) is 18.3. The maximum absolute atomic E-state index is 12.6. The van der Waals surface area contributed by atoms with E-state index < -0.39 is 6.10 Å². The Hall–Kier alpha value is -2.60. The number of pyridine rings is 1. The number of hydrogen-bond acceptors (Lipinski definition) is 5. The Morgan fingerprint density at radius 3 is 2.88 bits per heavy atom. The SMILES string of the molecule is Cc1cccnc1C(=O)N[C@@H]1CC[C@H]2Oc3ccccc3N(C)[C@H]2[C@@H]1O. The topological polar surface area (TPSA) is 74.7 Å². The van der Waals surface area contributed by atoms with Gasteiger partial charge in [0.15, 0.2) is 0 Å². The summed E-state index contributed by atoms with van der Waals surface area (Å²) in [6.45, 7) is 1.86. The molecule has 2 N–H and O–H groups in total. The lowest BCUT2D eigenvalue weighted by Gasteiger charge is -2.48. The number of carbonyl (C=O) groups excluding carboxylic acids is 1. The van der Waals surface area contributed by atoms with Crippen LogP contribution in [0.2, 0.25) is 0 Å². The Labute approximate surface area is 152 Å². The van der Waals surface area contributed by atoms with Crippen LogP contribution in [-0.4, -0.2) is 47.3 Å². The number of fused-ring (bicyclic) bond motifs is 2. The molecule has 1 aromatic carbocycles. The van der Waals surface area contributed by atoms with Gasteiger partial charge < -0.3 is 20.1 Å². The number of aliphatic hydroxyl groups is 1. The lowest BCUT2D eigenvalue weighted by Crippen LogP contribution is -2.64.